The van der Waals surface area contributed by atoms with Gasteiger partial charge in [0.1, 0.15) is 5.82 Å². The van der Waals surface area contributed by atoms with Gasteiger partial charge in [0.2, 0.25) is 0 Å². The van der Waals surface area contributed by atoms with Crippen LogP contribution in [-0.4, -0.2) is 15.6 Å². The van der Waals surface area contributed by atoms with Gasteiger partial charge in [-0.3, -0.25) is 9.48 Å². The number of carbonyl (C=O) groups is 1. The first kappa shape index (κ1) is 12.8. The number of Topliss-reactive ketones (excluding diaryl/α,β-unsaturated/α-hetero) is 1. The van der Waals surface area contributed by atoms with Gasteiger partial charge in [0.25, 0.3) is 0 Å². The predicted octanol–water partition coefficient (Wildman–Crippen LogP) is 2.95. The van der Waals surface area contributed by atoms with Crippen LogP contribution in [0, 0.1) is 12.7 Å². The largest absolute Gasteiger partial charge is 0.294 e. The highest BCUT2D eigenvalue weighted by Gasteiger charge is 2.16. The number of halogens is 2. The molecular formula is C13H12ClFN2O. The third-order valence-electron chi connectivity index (χ3n) is 2.74. The second-order valence-electron chi connectivity index (χ2n) is 4.08. The van der Waals surface area contributed by atoms with Crippen LogP contribution in [0.1, 0.15) is 21.7 Å². The van der Waals surface area contributed by atoms with Crippen LogP contribution in [-0.2, 0) is 13.5 Å². The van der Waals surface area contributed by atoms with Crippen molar-refractivity contribution in [2.45, 2.75) is 13.3 Å². The lowest BCUT2D eigenvalue weighted by Gasteiger charge is -2.03. The molecule has 0 aliphatic rings. The number of benzene rings is 1. The Bertz CT molecular complexity index is 607. The van der Waals surface area contributed by atoms with Crippen molar-refractivity contribution in [3.05, 3.63) is 52.1 Å². The van der Waals surface area contributed by atoms with Crippen molar-refractivity contribution in [3.8, 4) is 0 Å². The fraction of sp³-hybridized carbons (Fsp3) is 0.231. The molecule has 0 atom stereocenters. The van der Waals surface area contributed by atoms with E-state index in [0.29, 0.717) is 22.0 Å². The fourth-order valence-corrected chi connectivity index (χ4v) is 2.02. The number of nitrogens with zero attached hydrogens (tertiary/aromatic N) is 2. The highest BCUT2D eigenvalue weighted by Crippen LogP contribution is 2.21. The number of aromatic nitrogens is 2. The van der Waals surface area contributed by atoms with Crippen molar-refractivity contribution >= 4 is 17.4 Å². The van der Waals surface area contributed by atoms with Gasteiger partial charge in [0.05, 0.1) is 22.8 Å². The smallest absolute Gasteiger partial charge is 0.168 e. The van der Waals surface area contributed by atoms with Crippen LogP contribution < -0.4 is 0 Å². The third kappa shape index (κ3) is 2.43. The molecule has 2 rings (SSSR count). The zero-order chi connectivity index (χ0) is 13.3. The van der Waals surface area contributed by atoms with E-state index in [2.05, 4.69) is 5.10 Å². The van der Waals surface area contributed by atoms with E-state index in [0.717, 1.165) is 0 Å². The van der Waals surface area contributed by atoms with E-state index < -0.39 is 5.82 Å². The lowest BCUT2D eigenvalue weighted by atomic mass is 10.1. The minimum atomic E-state index is -0.423. The molecule has 0 radical (unpaired) electrons. The predicted molar refractivity (Wildman–Crippen MR) is 67.4 cm³/mol. The maximum atomic E-state index is 13.0. The van der Waals surface area contributed by atoms with E-state index in [-0.39, 0.29) is 12.2 Å². The van der Waals surface area contributed by atoms with Gasteiger partial charge < -0.3 is 0 Å². The average Bonchev–Trinajstić information content (AvgIpc) is 2.56. The minimum absolute atomic E-state index is 0.111. The molecule has 0 N–H and O–H groups in total. The van der Waals surface area contributed by atoms with Crippen LogP contribution in [0.25, 0.3) is 0 Å². The SMILES string of the molecule is Cc1nn(C)c(CC(=O)c2cccc(F)c2)c1Cl. The van der Waals surface area contributed by atoms with E-state index in [1.165, 1.54) is 18.2 Å². The molecule has 1 aromatic heterocycles. The van der Waals surface area contributed by atoms with Crippen molar-refractivity contribution in [1.29, 1.82) is 0 Å². The summed E-state index contributed by atoms with van der Waals surface area (Å²) in [5.41, 5.74) is 1.66. The first-order chi connectivity index (χ1) is 8.49. The average molecular weight is 267 g/mol. The van der Waals surface area contributed by atoms with Crippen molar-refractivity contribution in [1.82, 2.24) is 9.78 Å². The minimum Gasteiger partial charge on any atom is -0.294 e. The molecule has 18 heavy (non-hydrogen) atoms. The highest BCUT2D eigenvalue weighted by atomic mass is 35.5. The van der Waals surface area contributed by atoms with Gasteiger partial charge in [-0.1, -0.05) is 23.7 Å². The molecule has 5 heteroatoms. The number of ketones is 1. The van der Waals surface area contributed by atoms with E-state index in [1.54, 1.807) is 24.7 Å². The van der Waals surface area contributed by atoms with Crippen LogP contribution in [0.2, 0.25) is 5.02 Å². The first-order valence-corrected chi connectivity index (χ1v) is 5.83. The molecular weight excluding hydrogens is 255 g/mol. The van der Waals surface area contributed by atoms with Crippen molar-refractivity contribution in [2.24, 2.45) is 7.05 Å². The number of rotatable bonds is 3. The van der Waals surface area contributed by atoms with Gasteiger partial charge in [0, 0.05) is 12.6 Å². The summed E-state index contributed by atoms with van der Waals surface area (Å²) in [7, 11) is 1.73. The molecule has 2 aromatic rings. The number of aryl methyl sites for hydroxylation is 2. The Kier molecular flexibility index (Phi) is 3.48. The number of carbonyl (C=O) groups excluding carboxylic acids is 1. The van der Waals surface area contributed by atoms with E-state index in [9.17, 15) is 9.18 Å². The lowest BCUT2D eigenvalue weighted by molar-refractivity contribution is 0.0990. The monoisotopic (exact) mass is 266 g/mol. The zero-order valence-electron chi connectivity index (χ0n) is 10.1. The molecule has 0 spiro atoms. The molecule has 0 saturated heterocycles. The van der Waals surface area contributed by atoms with Gasteiger partial charge in [-0.25, -0.2) is 4.39 Å². The van der Waals surface area contributed by atoms with Crippen molar-refractivity contribution in [3.63, 3.8) is 0 Å². The molecule has 1 heterocycles. The number of hydrogen-bond acceptors (Lipinski definition) is 2. The Hall–Kier alpha value is -1.68. The number of hydrogen-bond donors (Lipinski definition) is 0. The van der Waals surface area contributed by atoms with E-state index in [4.69, 9.17) is 11.6 Å². The van der Waals surface area contributed by atoms with Crippen molar-refractivity contribution < 1.29 is 9.18 Å². The third-order valence-corrected chi connectivity index (χ3v) is 3.23. The zero-order valence-corrected chi connectivity index (χ0v) is 10.8. The molecule has 3 nitrogen and oxygen atoms in total. The standard InChI is InChI=1S/C13H12ClFN2O/c1-8-13(14)11(17(2)16-8)7-12(18)9-4-3-5-10(15)6-9/h3-6H,7H2,1-2H3. The Labute approximate surface area is 109 Å². The van der Waals surface area contributed by atoms with Crippen LogP contribution in [0.15, 0.2) is 24.3 Å². The van der Waals surface area contributed by atoms with E-state index >= 15 is 0 Å². The van der Waals surface area contributed by atoms with Crippen LogP contribution in [0.4, 0.5) is 4.39 Å². The van der Waals surface area contributed by atoms with Crippen molar-refractivity contribution in [2.75, 3.05) is 0 Å². The summed E-state index contributed by atoms with van der Waals surface area (Å²) in [6, 6.07) is 5.62. The molecule has 0 saturated carbocycles. The summed E-state index contributed by atoms with van der Waals surface area (Å²) in [5.74, 6) is -0.604. The Morgan fingerprint density at radius 1 is 1.50 bits per heavy atom. The Morgan fingerprint density at radius 3 is 2.78 bits per heavy atom. The topological polar surface area (TPSA) is 34.9 Å². The Balaban J connectivity index is 2.27. The molecule has 0 aliphatic heterocycles. The van der Waals surface area contributed by atoms with Crippen LogP contribution in [0.3, 0.4) is 0 Å². The first-order valence-electron chi connectivity index (χ1n) is 5.45. The molecule has 0 aliphatic carbocycles. The molecule has 94 valence electrons. The molecule has 0 bridgehead atoms. The second-order valence-corrected chi connectivity index (χ2v) is 4.46. The molecule has 0 amide bonds. The van der Waals surface area contributed by atoms with Gasteiger partial charge in [-0.15, -0.1) is 0 Å². The molecule has 1 aromatic carbocycles. The highest BCUT2D eigenvalue weighted by molar-refractivity contribution is 6.32. The van der Waals surface area contributed by atoms with E-state index in [1.807, 2.05) is 0 Å². The molecule has 0 unspecified atom stereocenters. The fourth-order valence-electron chi connectivity index (χ4n) is 1.79. The quantitative estimate of drug-likeness (QED) is 0.801. The summed E-state index contributed by atoms with van der Waals surface area (Å²) in [4.78, 5) is 12.0. The Morgan fingerprint density at radius 2 is 2.22 bits per heavy atom. The summed E-state index contributed by atoms with van der Waals surface area (Å²) in [6.45, 7) is 1.78. The lowest BCUT2D eigenvalue weighted by Crippen LogP contribution is -2.08. The summed E-state index contributed by atoms with van der Waals surface area (Å²) >= 11 is 6.07. The summed E-state index contributed by atoms with van der Waals surface area (Å²) in [6.07, 6.45) is 0.111. The van der Waals surface area contributed by atoms with Gasteiger partial charge >= 0.3 is 0 Å². The maximum Gasteiger partial charge on any atom is 0.168 e. The summed E-state index contributed by atoms with van der Waals surface area (Å²) < 4.78 is 14.6. The van der Waals surface area contributed by atoms with Gasteiger partial charge in [0.15, 0.2) is 5.78 Å². The molecule has 0 fully saturated rings. The summed E-state index contributed by atoms with van der Waals surface area (Å²) in [5, 5.41) is 4.62. The normalized spacial score (nSPS) is 10.7. The van der Waals surface area contributed by atoms with Gasteiger partial charge in [-0.2, -0.15) is 5.10 Å². The van der Waals surface area contributed by atoms with Crippen LogP contribution in [0.5, 0.6) is 0 Å². The van der Waals surface area contributed by atoms with Gasteiger partial charge in [-0.05, 0) is 19.1 Å². The second kappa shape index (κ2) is 4.90. The maximum absolute atomic E-state index is 13.0. The van der Waals surface area contributed by atoms with Crippen LogP contribution >= 0.6 is 11.6 Å².